The minimum absolute atomic E-state index is 0.164. The van der Waals surface area contributed by atoms with Crippen LogP contribution < -0.4 is 4.74 Å². The van der Waals surface area contributed by atoms with E-state index in [1.165, 1.54) is 0 Å². The highest BCUT2D eigenvalue weighted by Gasteiger charge is 2.29. The van der Waals surface area contributed by atoms with E-state index in [0.717, 1.165) is 62.1 Å². The molecule has 0 saturated carbocycles. The van der Waals surface area contributed by atoms with E-state index in [0.29, 0.717) is 11.9 Å². The number of carbonyl (C=O) groups excluding carboxylic acids is 1. The van der Waals surface area contributed by atoms with Gasteiger partial charge in [0.2, 0.25) is 0 Å². The zero-order valence-corrected chi connectivity index (χ0v) is 12.4. The third kappa shape index (κ3) is 2.64. The summed E-state index contributed by atoms with van der Waals surface area (Å²) in [4.78, 5) is 14.7. The van der Waals surface area contributed by atoms with Crippen LogP contribution in [0.1, 0.15) is 41.6 Å². The molecule has 0 bridgehead atoms. The van der Waals surface area contributed by atoms with Crippen LogP contribution in [0.3, 0.4) is 0 Å². The number of fused-ring (bicyclic) bond motifs is 1. The molecule has 1 unspecified atom stereocenters. The minimum Gasteiger partial charge on any atom is -0.493 e. The van der Waals surface area contributed by atoms with Crippen molar-refractivity contribution in [2.45, 2.75) is 38.1 Å². The molecule has 0 aliphatic carbocycles. The predicted molar refractivity (Wildman–Crippen MR) is 79.7 cm³/mol. The number of hydrogen-bond acceptors (Lipinski definition) is 2. The van der Waals surface area contributed by atoms with Gasteiger partial charge in [0, 0.05) is 30.5 Å². The second kappa shape index (κ2) is 6.04. The lowest BCUT2D eigenvalue weighted by molar-refractivity contribution is 0.0730. The molecule has 3 rings (SSSR count). The van der Waals surface area contributed by atoms with Crippen LogP contribution in [0.4, 0.5) is 0 Å². The molecule has 2 aliphatic rings. The SMILES string of the molecule is O=C(c1ccc2c(c1)CCO2)N1CCCC1CCCCl. The van der Waals surface area contributed by atoms with Crippen LogP contribution in [-0.4, -0.2) is 35.9 Å². The van der Waals surface area contributed by atoms with E-state index in [-0.39, 0.29) is 5.91 Å². The van der Waals surface area contributed by atoms with Crippen LogP contribution >= 0.6 is 11.6 Å². The molecule has 0 aromatic heterocycles. The Morgan fingerprint density at radius 3 is 3.20 bits per heavy atom. The van der Waals surface area contributed by atoms with E-state index in [9.17, 15) is 4.79 Å². The van der Waals surface area contributed by atoms with Crippen molar-refractivity contribution < 1.29 is 9.53 Å². The highest BCUT2D eigenvalue weighted by molar-refractivity contribution is 6.17. The Hall–Kier alpha value is -1.22. The maximum Gasteiger partial charge on any atom is 0.254 e. The van der Waals surface area contributed by atoms with E-state index in [1.54, 1.807) is 0 Å². The van der Waals surface area contributed by atoms with Crippen molar-refractivity contribution in [2.24, 2.45) is 0 Å². The van der Waals surface area contributed by atoms with E-state index in [4.69, 9.17) is 16.3 Å². The molecular weight excluding hydrogens is 274 g/mol. The van der Waals surface area contributed by atoms with Crippen molar-refractivity contribution in [2.75, 3.05) is 19.0 Å². The Labute approximate surface area is 124 Å². The first kappa shape index (κ1) is 13.7. The van der Waals surface area contributed by atoms with Gasteiger partial charge in [0.25, 0.3) is 5.91 Å². The molecule has 1 atom stereocenters. The summed E-state index contributed by atoms with van der Waals surface area (Å²) in [5.41, 5.74) is 1.96. The summed E-state index contributed by atoms with van der Waals surface area (Å²) in [6.45, 7) is 1.61. The summed E-state index contributed by atoms with van der Waals surface area (Å²) >= 11 is 5.77. The van der Waals surface area contributed by atoms with E-state index in [1.807, 2.05) is 23.1 Å². The second-order valence-corrected chi connectivity index (χ2v) is 5.92. The Morgan fingerprint density at radius 1 is 1.45 bits per heavy atom. The Bertz CT molecular complexity index is 503. The molecule has 1 aromatic carbocycles. The van der Waals surface area contributed by atoms with E-state index in [2.05, 4.69) is 0 Å². The zero-order chi connectivity index (χ0) is 13.9. The maximum atomic E-state index is 12.7. The number of nitrogens with zero attached hydrogens (tertiary/aromatic N) is 1. The summed E-state index contributed by atoms with van der Waals surface area (Å²) in [5.74, 6) is 1.77. The first-order valence-electron chi connectivity index (χ1n) is 7.42. The van der Waals surface area contributed by atoms with Crippen LogP contribution in [0.2, 0.25) is 0 Å². The van der Waals surface area contributed by atoms with Gasteiger partial charge in [-0.3, -0.25) is 4.79 Å². The average Bonchev–Trinajstić information content (AvgIpc) is 3.12. The Balaban J connectivity index is 1.74. The largest absolute Gasteiger partial charge is 0.493 e. The van der Waals surface area contributed by atoms with E-state index < -0.39 is 0 Å². The highest BCUT2D eigenvalue weighted by Crippen LogP contribution is 2.28. The lowest BCUT2D eigenvalue weighted by Crippen LogP contribution is -2.35. The van der Waals surface area contributed by atoms with Gasteiger partial charge in [0.05, 0.1) is 6.61 Å². The average molecular weight is 294 g/mol. The smallest absolute Gasteiger partial charge is 0.254 e. The second-order valence-electron chi connectivity index (χ2n) is 5.55. The van der Waals surface area contributed by atoms with Gasteiger partial charge >= 0.3 is 0 Å². The van der Waals surface area contributed by atoms with Gasteiger partial charge in [-0.05, 0) is 49.4 Å². The van der Waals surface area contributed by atoms with Gasteiger partial charge < -0.3 is 9.64 Å². The predicted octanol–water partition coefficient (Wildman–Crippen LogP) is 3.25. The summed E-state index contributed by atoms with van der Waals surface area (Å²) in [6, 6.07) is 6.19. The van der Waals surface area contributed by atoms with Crippen LogP contribution in [-0.2, 0) is 6.42 Å². The molecule has 4 heteroatoms. The maximum absolute atomic E-state index is 12.7. The summed E-state index contributed by atoms with van der Waals surface area (Å²) in [5, 5.41) is 0. The van der Waals surface area contributed by atoms with Crippen LogP contribution in [0.15, 0.2) is 18.2 Å². The molecule has 0 radical (unpaired) electrons. The van der Waals surface area contributed by atoms with Crippen LogP contribution in [0, 0.1) is 0 Å². The number of carbonyl (C=O) groups is 1. The number of halogens is 1. The third-order valence-corrected chi connectivity index (χ3v) is 4.51. The van der Waals surface area contributed by atoms with Gasteiger partial charge in [0.1, 0.15) is 5.75 Å². The van der Waals surface area contributed by atoms with Crippen molar-refractivity contribution in [3.8, 4) is 5.75 Å². The molecular formula is C16H20ClNO2. The molecule has 2 heterocycles. The zero-order valence-electron chi connectivity index (χ0n) is 11.6. The third-order valence-electron chi connectivity index (χ3n) is 4.25. The number of alkyl halides is 1. The first-order valence-corrected chi connectivity index (χ1v) is 7.95. The van der Waals surface area contributed by atoms with Crippen molar-refractivity contribution >= 4 is 17.5 Å². The van der Waals surface area contributed by atoms with Crippen molar-refractivity contribution in [3.63, 3.8) is 0 Å². The molecule has 20 heavy (non-hydrogen) atoms. The Morgan fingerprint density at radius 2 is 2.35 bits per heavy atom. The van der Waals surface area contributed by atoms with Gasteiger partial charge in [-0.25, -0.2) is 0 Å². The molecule has 3 nitrogen and oxygen atoms in total. The molecule has 1 aromatic rings. The fraction of sp³-hybridized carbons (Fsp3) is 0.562. The summed E-state index contributed by atoms with van der Waals surface area (Å²) in [6.07, 6.45) is 5.12. The quantitative estimate of drug-likeness (QED) is 0.798. The summed E-state index contributed by atoms with van der Waals surface area (Å²) < 4.78 is 5.49. The fourth-order valence-corrected chi connectivity index (χ4v) is 3.36. The number of benzene rings is 1. The summed E-state index contributed by atoms with van der Waals surface area (Å²) in [7, 11) is 0. The number of hydrogen-bond donors (Lipinski definition) is 0. The molecule has 0 N–H and O–H groups in total. The normalized spacial score (nSPS) is 20.9. The lowest BCUT2D eigenvalue weighted by Gasteiger charge is -2.24. The van der Waals surface area contributed by atoms with Crippen molar-refractivity contribution in [1.82, 2.24) is 4.90 Å². The highest BCUT2D eigenvalue weighted by atomic mass is 35.5. The van der Waals surface area contributed by atoms with Crippen LogP contribution in [0.25, 0.3) is 0 Å². The minimum atomic E-state index is 0.164. The van der Waals surface area contributed by atoms with Crippen molar-refractivity contribution in [1.29, 1.82) is 0 Å². The molecule has 2 aliphatic heterocycles. The fourth-order valence-electron chi connectivity index (χ4n) is 3.20. The van der Waals surface area contributed by atoms with E-state index >= 15 is 0 Å². The number of rotatable bonds is 4. The lowest BCUT2D eigenvalue weighted by atomic mass is 10.1. The Kier molecular flexibility index (Phi) is 4.16. The number of ether oxygens (including phenoxy) is 1. The molecule has 1 amide bonds. The van der Waals surface area contributed by atoms with Crippen LogP contribution in [0.5, 0.6) is 5.75 Å². The molecule has 1 fully saturated rings. The number of likely N-dealkylation sites (tertiary alicyclic amines) is 1. The van der Waals surface area contributed by atoms with Crippen molar-refractivity contribution in [3.05, 3.63) is 29.3 Å². The van der Waals surface area contributed by atoms with Gasteiger partial charge in [0.15, 0.2) is 0 Å². The monoisotopic (exact) mass is 293 g/mol. The first-order chi connectivity index (χ1) is 9.79. The molecule has 108 valence electrons. The van der Waals surface area contributed by atoms with Gasteiger partial charge in [-0.1, -0.05) is 0 Å². The molecule has 0 spiro atoms. The van der Waals surface area contributed by atoms with Gasteiger partial charge in [-0.2, -0.15) is 0 Å². The standard InChI is InChI=1S/C16H20ClNO2/c17-8-1-3-14-4-2-9-18(14)16(19)13-5-6-15-12(11-13)7-10-20-15/h5-6,11,14H,1-4,7-10H2. The topological polar surface area (TPSA) is 29.5 Å². The number of amides is 1. The van der Waals surface area contributed by atoms with Gasteiger partial charge in [-0.15, -0.1) is 11.6 Å². The molecule has 1 saturated heterocycles.